The zero-order valence-electron chi connectivity index (χ0n) is 15.4. The van der Waals surface area contributed by atoms with Gasteiger partial charge in [0, 0.05) is 39.0 Å². The quantitative estimate of drug-likeness (QED) is 0.708. The Labute approximate surface area is 160 Å². The lowest BCUT2D eigenvalue weighted by Gasteiger charge is -2.37. The molecule has 156 valence electrons. The first-order chi connectivity index (χ1) is 13.1. The smallest absolute Gasteiger partial charge is 0.406 e. The van der Waals surface area contributed by atoms with Crippen LogP contribution in [0, 0.1) is 5.92 Å². The van der Waals surface area contributed by atoms with E-state index in [-0.39, 0.29) is 43.5 Å². The Morgan fingerprint density at radius 2 is 1.75 bits per heavy atom. The van der Waals surface area contributed by atoms with Crippen molar-refractivity contribution in [2.24, 2.45) is 5.92 Å². The van der Waals surface area contributed by atoms with Crippen LogP contribution in [0.2, 0.25) is 0 Å². The molecule has 2 saturated heterocycles. The number of nitrogens with zero attached hydrogens (tertiary/aromatic N) is 2. The van der Waals surface area contributed by atoms with Gasteiger partial charge in [0.2, 0.25) is 5.91 Å². The average Bonchev–Trinajstić information content (AvgIpc) is 2.62. The molecule has 2 fully saturated rings. The fraction of sp³-hybridized carbons (Fsp3) is 0.632. The molecule has 0 aromatic heterocycles. The number of hydrogen-bond acceptors (Lipinski definition) is 3. The number of amides is 1. The first kappa shape index (κ1) is 20.8. The van der Waals surface area contributed by atoms with Crippen molar-refractivity contribution < 1.29 is 31.5 Å². The van der Waals surface area contributed by atoms with Gasteiger partial charge in [-0.15, -0.1) is 13.2 Å². The second-order valence-electron chi connectivity index (χ2n) is 7.45. The predicted octanol–water partition coefficient (Wildman–Crippen LogP) is 4.05. The fourth-order valence-corrected chi connectivity index (χ4v) is 3.77. The first-order valence-corrected chi connectivity index (χ1v) is 9.35. The van der Waals surface area contributed by atoms with Crippen LogP contribution in [-0.4, -0.2) is 54.2 Å². The molecule has 1 amide bonds. The first-order valence-electron chi connectivity index (χ1n) is 9.35. The summed E-state index contributed by atoms with van der Waals surface area (Å²) in [5, 5.41) is 0. The maximum Gasteiger partial charge on any atom is 0.573 e. The molecule has 1 unspecified atom stereocenters. The second-order valence-corrected chi connectivity index (χ2v) is 7.45. The maximum absolute atomic E-state index is 13.3. The van der Waals surface area contributed by atoms with E-state index in [2.05, 4.69) is 9.64 Å². The van der Waals surface area contributed by atoms with E-state index in [9.17, 15) is 26.7 Å². The predicted molar refractivity (Wildman–Crippen MR) is 91.9 cm³/mol. The van der Waals surface area contributed by atoms with Crippen molar-refractivity contribution in [3.05, 3.63) is 29.8 Å². The number of hydrogen-bond donors (Lipinski definition) is 0. The molecule has 1 aromatic carbocycles. The average molecular weight is 406 g/mol. The van der Waals surface area contributed by atoms with E-state index in [1.807, 2.05) is 0 Å². The number of halogens is 5. The standard InChI is InChI=1S/C19H23F5N2O2/c20-18(21)7-10-26(11-8-18)17(27)15-2-1-9-25(13-15)12-14-3-5-16(6-4-14)28-19(22,23)24/h3-6,15H,1-2,7-13H2. The van der Waals surface area contributed by atoms with Gasteiger partial charge in [-0.1, -0.05) is 12.1 Å². The Balaban J connectivity index is 1.53. The summed E-state index contributed by atoms with van der Waals surface area (Å²) in [4.78, 5) is 16.3. The van der Waals surface area contributed by atoms with Gasteiger partial charge < -0.3 is 9.64 Å². The third-order valence-corrected chi connectivity index (χ3v) is 5.22. The van der Waals surface area contributed by atoms with Crippen molar-refractivity contribution in [2.75, 3.05) is 26.2 Å². The summed E-state index contributed by atoms with van der Waals surface area (Å²) >= 11 is 0. The number of likely N-dealkylation sites (tertiary alicyclic amines) is 2. The molecular formula is C19H23F5N2O2. The molecule has 0 saturated carbocycles. The minimum Gasteiger partial charge on any atom is -0.406 e. The van der Waals surface area contributed by atoms with Crippen molar-refractivity contribution in [1.29, 1.82) is 0 Å². The lowest BCUT2D eigenvalue weighted by atomic mass is 9.94. The summed E-state index contributed by atoms with van der Waals surface area (Å²) in [7, 11) is 0. The summed E-state index contributed by atoms with van der Waals surface area (Å²) in [5.74, 6) is -3.26. The molecule has 3 rings (SSSR count). The third-order valence-electron chi connectivity index (χ3n) is 5.22. The van der Waals surface area contributed by atoms with Crippen LogP contribution in [0.3, 0.4) is 0 Å². The van der Waals surface area contributed by atoms with Crippen molar-refractivity contribution in [1.82, 2.24) is 9.80 Å². The van der Waals surface area contributed by atoms with E-state index in [4.69, 9.17) is 0 Å². The van der Waals surface area contributed by atoms with Crippen molar-refractivity contribution >= 4 is 5.91 Å². The second kappa shape index (κ2) is 8.23. The summed E-state index contributed by atoms with van der Waals surface area (Å²) in [6.45, 7) is 1.98. The Bertz CT molecular complexity index is 668. The molecule has 1 aromatic rings. The van der Waals surface area contributed by atoms with Crippen LogP contribution in [-0.2, 0) is 11.3 Å². The van der Waals surface area contributed by atoms with Crippen molar-refractivity contribution in [3.63, 3.8) is 0 Å². The van der Waals surface area contributed by atoms with Gasteiger partial charge in [0.15, 0.2) is 0 Å². The molecule has 28 heavy (non-hydrogen) atoms. The Kier molecular flexibility index (Phi) is 6.12. The summed E-state index contributed by atoms with van der Waals surface area (Å²) in [6.07, 6.45) is -3.76. The van der Waals surface area contributed by atoms with Gasteiger partial charge in [0.1, 0.15) is 5.75 Å². The van der Waals surface area contributed by atoms with Crippen LogP contribution in [0.15, 0.2) is 24.3 Å². The third kappa shape index (κ3) is 5.80. The molecule has 0 bridgehead atoms. The van der Waals surface area contributed by atoms with E-state index in [0.29, 0.717) is 13.1 Å². The van der Waals surface area contributed by atoms with Gasteiger partial charge in [-0.2, -0.15) is 0 Å². The number of alkyl halides is 5. The molecule has 2 aliphatic rings. The van der Waals surface area contributed by atoms with Crippen molar-refractivity contribution in [2.45, 2.75) is 44.5 Å². The van der Waals surface area contributed by atoms with Gasteiger partial charge in [-0.3, -0.25) is 9.69 Å². The lowest BCUT2D eigenvalue weighted by molar-refractivity contribution is -0.274. The molecule has 2 heterocycles. The Hall–Kier alpha value is -1.90. The van der Waals surface area contributed by atoms with E-state index < -0.39 is 12.3 Å². The minimum atomic E-state index is -4.72. The van der Waals surface area contributed by atoms with Crippen LogP contribution in [0.1, 0.15) is 31.2 Å². The maximum atomic E-state index is 13.3. The van der Waals surface area contributed by atoms with Crippen molar-refractivity contribution in [3.8, 4) is 5.75 Å². The number of carbonyl (C=O) groups is 1. The van der Waals surface area contributed by atoms with Gasteiger partial charge in [0.05, 0.1) is 5.92 Å². The molecule has 0 N–H and O–H groups in total. The zero-order chi connectivity index (χ0) is 20.4. The number of carbonyl (C=O) groups excluding carboxylic acids is 1. The number of benzene rings is 1. The molecule has 0 spiro atoms. The number of ether oxygens (including phenoxy) is 1. The van der Waals surface area contributed by atoms with Crippen LogP contribution >= 0.6 is 0 Å². The molecule has 4 nitrogen and oxygen atoms in total. The lowest BCUT2D eigenvalue weighted by Crippen LogP contribution is -2.48. The molecule has 9 heteroatoms. The zero-order valence-corrected chi connectivity index (χ0v) is 15.4. The molecule has 0 aliphatic carbocycles. The van der Waals surface area contributed by atoms with Gasteiger partial charge in [0.25, 0.3) is 5.92 Å². The highest BCUT2D eigenvalue weighted by Gasteiger charge is 2.38. The van der Waals surface area contributed by atoms with Crippen LogP contribution in [0.4, 0.5) is 22.0 Å². The molecular weight excluding hydrogens is 383 g/mol. The number of piperidine rings is 2. The Morgan fingerprint density at radius 1 is 1.11 bits per heavy atom. The van der Waals surface area contributed by atoms with Crippen LogP contribution in [0.25, 0.3) is 0 Å². The highest BCUT2D eigenvalue weighted by Crippen LogP contribution is 2.30. The van der Waals surface area contributed by atoms with Gasteiger partial charge >= 0.3 is 6.36 Å². The summed E-state index contributed by atoms with van der Waals surface area (Å²) in [6, 6.07) is 5.67. The molecule has 1 atom stereocenters. The topological polar surface area (TPSA) is 32.8 Å². The largest absolute Gasteiger partial charge is 0.573 e. The monoisotopic (exact) mass is 406 g/mol. The summed E-state index contributed by atoms with van der Waals surface area (Å²) in [5.41, 5.74) is 0.820. The van der Waals surface area contributed by atoms with Gasteiger partial charge in [-0.05, 0) is 37.1 Å². The normalized spacial score (nSPS) is 23.5. The van der Waals surface area contributed by atoms with E-state index in [1.54, 1.807) is 12.1 Å². The van der Waals surface area contributed by atoms with E-state index in [1.165, 1.54) is 17.0 Å². The van der Waals surface area contributed by atoms with Gasteiger partial charge in [-0.25, -0.2) is 8.78 Å². The number of rotatable bonds is 4. The van der Waals surface area contributed by atoms with E-state index >= 15 is 0 Å². The van der Waals surface area contributed by atoms with Crippen LogP contribution < -0.4 is 4.74 Å². The molecule has 2 aliphatic heterocycles. The summed E-state index contributed by atoms with van der Waals surface area (Å²) < 4.78 is 67.1. The minimum absolute atomic E-state index is 0.0749. The van der Waals surface area contributed by atoms with Crippen LogP contribution in [0.5, 0.6) is 5.75 Å². The van der Waals surface area contributed by atoms with E-state index in [0.717, 1.165) is 24.9 Å². The Morgan fingerprint density at radius 3 is 2.36 bits per heavy atom. The SMILES string of the molecule is O=C(C1CCCN(Cc2ccc(OC(F)(F)F)cc2)C1)N1CCC(F)(F)CC1. The highest BCUT2D eigenvalue weighted by molar-refractivity contribution is 5.79. The fourth-order valence-electron chi connectivity index (χ4n) is 3.77. The highest BCUT2D eigenvalue weighted by atomic mass is 19.4. The molecule has 0 radical (unpaired) electrons.